The highest BCUT2D eigenvalue weighted by atomic mass is 16.5. The molecule has 2 aliphatic rings. The highest BCUT2D eigenvalue weighted by molar-refractivity contribution is 5.93. The molecular weight excluding hydrogens is 414 g/mol. The standard InChI is InChI=1S/C26H39N5O2/c1-25(2)16-18(17-26(3,4)30-25)23-19-14-21(32-6)22(15-20(19)28-24(27-5)29-23)33-13-9-12-31-10-7-8-11-31/h14-16,30H,7-13,17H2,1-6H3,(H,27,28,29). The summed E-state index contributed by atoms with van der Waals surface area (Å²) < 4.78 is 11.9. The number of hydrogen-bond acceptors (Lipinski definition) is 7. The van der Waals surface area contributed by atoms with Gasteiger partial charge in [-0.25, -0.2) is 9.97 Å². The average Bonchev–Trinajstić information content (AvgIpc) is 3.26. The highest BCUT2D eigenvalue weighted by Gasteiger charge is 2.33. The number of rotatable bonds is 8. The second kappa shape index (κ2) is 9.47. The quantitative estimate of drug-likeness (QED) is 0.571. The van der Waals surface area contributed by atoms with Crippen LogP contribution in [0.5, 0.6) is 11.5 Å². The zero-order valence-electron chi connectivity index (χ0n) is 21.0. The summed E-state index contributed by atoms with van der Waals surface area (Å²) in [5, 5.41) is 7.82. The Morgan fingerprint density at radius 1 is 1.09 bits per heavy atom. The van der Waals surface area contributed by atoms with E-state index in [1.54, 1.807) is 7.11 Å². The second-order valence-electron chi connectivity index (χ2n) is 10.5. The number of aromatic nitrogens is 2. The normalized spacial score (nSPS) is 20.0. The SMILES string of the molecule is CNc1nc(C2=CC(C)(C)NC(C)(C)C2)c2cc(OC)c(OCCCN3CCCC3)cc2n1. The first kappa shape index (κ1) is 23.8. The molecule has 1 aromatic carbocycles. The van der Waals surface area contributed by atoms with Crippen LogP contribution in [0.3, 0.4) is 0 Å². The smallest absolute Gasteiger partial charge is 0.223 e. The van der Waals surface area contributed by atoms with E-state index in [4.69, 9.17) is 19.4 Å². The molecule has 3 heterocycles. The summed E-state index contributed by atoms with van der Waals surface area (Å²) in [5.41, 5.74) is 2.86. The van der Waals surface area contributed by atoms with Crippen LogP contribution in [0.25, 0.3) is 16.5 Å². The number of anilines is 1. The predicted octanol–water partition coefficient (Wildman–Crippen LogP) is 4.48. The van der Waals surface area contributed by atoms with Crippen molar-refractivity contribution in [2.24, 2.45) is 0 Å². The third-order valence-corrected chi connectivity index (χ3v) is 6.41. The van der Waals surface area contributed by atoms with E-state index in [1.807, 2.05) is 19.2 Å². The van der Waals surface area contributed by atoms with Crippen LogP contribution in [0.15, 0.2) is 18.2 Å². The first-order valence-electron chi connectivity index (χ1n) is 12.1. The Kier molecular flexibility index (Phi) is 6.82. The van der Waals surface area contributed by atoms with Gasteiger partial charge in [0.1, 0.15) is 0 Å². The van der Waals surface area contributed by atoms with Crippen LogP contribution in [0.4, 0.5) is 5.95 Å². The first-order chi connectivity index (χ1) is 15.7. The maximum absolute atomic E-state index is 6.16. The van der Waals surface area contributed by atoms with Crippen molar-refractivity contribution in [2.75, 3.05) is 45.7 Å². The fraction of sp³-hybridized carbons (Fsp3) is 0.615. The molecule has 2 N–H and O–H groups in total. The molecule has 0 spiro atoms. The fourth-order valence-electron chi connectivity index (χ4n) is 5.31. The zero-order valence-corrected chi connectivity index (χ0v) is 21.0. The third-order valence-electron chi connectivity index (χ3n) is 6.41. The third kappa shape index (κ3) is 5.58. The molecule has 0 aliphatic carbocycles. The molecule has 33 heavy (non-hydrogen) atoms. The van der Waals surface area contributed by atoms with Gasteiger partial charge in [0.25, 0.3) is 0 Å². The molecule has 1 fully saturated rings. The lowest BCUT2D eigenvalue weighted by molar-refractivity contribution is 0.254. The molecule has 0 unspecified atom stereocenters. The van der Waals surface area contributed by atoms with Gasteiger partial charge in [-0.2, -0.15) is 0 Å². The molecular formula is C26H39N5O2. The predicted molar refractivity (Wildman–Crippen MR) is 135 cm³/mol. The lowest BCUT2D eigenvalue weighted by Crippen LogP contribution is -2.53. The van der Waals surface area contributed by atoms with Crippen molar-refractivity contribution >= 4 is 22.4 Å². The fourth-order valence-corrected chi connectivity index (χ4v) is 5.31. The van der Waals surface area contributed by atoms with Gasteiger partial charge in [-0.3, -0.25) is 0 Å². The lowest BCUT2D eigenvalue weighted by Gasteiger charge is -2.41. The Morgan fingerprint density at radius 3 is 2.52 bits per heavy atom. The Bertz CT molecular complexity index is 1030. The monoisotopic (exact) mass is 453 g/mol. The summed E-state index contributed by atoms with van der Waals surface area (Å²) in [6.45, 7) is 13.0. The van der Waals surface area contributed by atoms with E-state index in [9.17, 15) is 0 Å². The second-order valence-corrected chi connectivity index (χ2v) is 10.5. The van der Waals surface area contributed by atoms with Crippen LogP contribution in [-0.4, -0.2) is 66.3 Å². The minimum atomic E-state index is -0.128. The Morgan fingerprint density at radius 2 is 1.85 bits per heavy atom. The summed E-state index contributed by atoms with van der Waals surface area (Å²) in [7, 11) is 3.55. The summed E-state index contributed by atoms with van der Waals surface area (Å²) in [5.74, 6) is 2.06. The van der Waals surface area contributed by atoms with E-state index in [-0.39, 0.29) is 11.1 Å². The topological polar surface area (TPSA) is 71.5 Å². The van der Waals surface area contributed by atoms with Gasteiger partial charge in [0.2, 0.25) is 5.95 Å². The molecule has 2 aromatic rings. The molecule has 2 aliphatic heterocycles. The Labute approximate surface area is 198 Å². The maximum atomic E-state index is 6.16. The van der Waals surface area contributed by atoms with Crippen LogP contribution in [0, 0.1) is 0 Å². The van der Waals surface area contributed by atoms with Gasteiger partial charge in [0.05, 0.1) is 24.9 Å². The summed E-state index contributed by atoms with van der Waals surface area (Å²) in [6, 6.07) is 4.02. The number of nitrogens with zero attached hydrogens (tertiary/aromatic N) is 3. The largest absolute Gasteiger partial charge is 0.493 e. The van der Waals surface area contributed by atoms with Crippen molar-refractivity contribution < 1.29 is 9.47 Å². The number of hydrogen-bond donors (Lipinski definition) is 2. The Hall–Kier alpha value is -2.38. The van der Waals surface area contributed by atoms with Crippen molar-refractivity contribution in [3.8, 4) is 11.5 Å². The number of nitrogens with one attached hydrogen (secondary N) is 2. The molecule has 0 bridgehead atoms. The Balaban J connectivity index is 1.66. The highest BCUT2D eigenvalue weighted by Crippen LogP contribution is 2.39. The van der Waals surface area contributed by atoms with Crippen molar-refractivity contribution in [1.29, 1.82) is 0 Å². The van der Waals surface area contributed by atoms with Crippen LogP contribution in [0.1, 0.15) is 59.1 Å². The van der Waals surface area contributed by atoms with Crippen molar-refractivity contribution in [3.05, 3.63) is 23.9 Å². The molecule has 1 saturated heterocycles. The van der Waals surface area contributed by atoms with E-state index >= 15 is 0 Å². The number of likely N-dealkylation sites (tertiary alicyclic amines) is 1. The van der Waals surface area contributed by atoms with E-state index in [1.165, 1.54) is 31.5 Å². The van der Waals surface area contributed by atoms with Crippen molar-refractivity contribution in [1.82, 2.24) is 20.2 Å². The van der Waals surface area contributed by atoms with Gasteiger partial charge in [-0.15, -0.1) is 0 Å². The van der Waals surface area contributed by atoms with E-state index in [0.29, 0.717) is 12.6 Å². The molecule has 0 amide bonds. The number of ether oxygens (including phenoxy) is 2. The molecule has 0 atom stereocenters. The summed E-state index contributed by atoms with van der Waals surface area (Å²) in [4.78, 5) is 12.1. The molecule has 1 aromatic heterocycles. The summed E-state index contributed by atoms with van der Waals surface area (Å²) >= 11 is 0. The maximum Gasteiger partial charge on any atom is 0.223 e. The van der Waals surface area contributed by atoms with Crippen LogP contribution in [-0.2, 0) is 0 Å². The molecule has 7 heteroatoms. The molecule has 180 valence electrons. The van der Waals surface area contributed by atoms with Gasteiger partial charge >= 0.3 is 0 Å². The van der Waals surface area contributed by atoms with E-state index in [0.717, 1.165) is 47.5 Å². The van der Waals surface area contributed by atoms with Crippen molar-refractivity contribution in [2.45, 2.75) is 64.5 Å². The molecule has 0 saturated carbocycles. The van der Waals surface area contributed by atoms with Crippen LogP contribution < -0.4 is 20.1 Å². The first-order valence-corrected chi connectivity index (χ1v) is 12.1. The van der Waals surface area contributed by atoms with Gasteiger partial charge in [0, 0.05) is 36.1 Å². The minimum Gasteiger partial charge on any atom is -0.493 e. The molecule has 4 rings (SSSR count). The zero-order chi connectivity index (χ0) is 23.6. The van der Waals surface area contributed by atoms with Gasteiger partial charge in [0.15, 0.2) is 11.5 Å². The van der Waals surface area contributed by atoms with Gasteiger partial charge in [-0.1, -0.05) is 6.08 Å². The van der Waals surface area contributed by atoms with E-state index in [2.05, 4.69) is 49.3 Å². The molecule has 7 nitrogen and oxygen atoms in total. The van der Waals surface area contributed by atoms with E-state index < -0.39 is 0 Å². The number of benzene rings is 1. The van der Waals surface area contributed by atoms with Gasteiger partial charge < -0.3 is 25.0 Å². The number of methoxy groups -OCH3 is 1. The summed E-state index contributed by atoms with van der Waals surface area (Å²) in [6.07, 6.45) is 6.80. The van der Waals surface area contributed by atoms with Crippen LogP contribution in [0.2, 0.25) is 0 Å². The van der Waals surface area contributed by atoms with Gasteiger partial charge in [-0.05, 0) is 78.1 Å². The van der Waals surface area contributed by atoms with Crippen LogP contribution >= 0.6 is 0 Å². The van der Waals surface area contributed by atoms with Crippen molar-refractivity contribution in [3.63, 3.8) is 0 Å². The average molecular weight is 454 g/mol. The number of fused-ring (bicyclic) bond motifs is 1. The molecule has 0 radical (unpaired) electrons. The lowest BCUT2D eigenvalue weighted by atomic mass is 9.82. The minimum absolute atomic E-state index is 0.0346.